The summed E-state index contributed by atoms with van der Waals surface area (Å²) in [6.07, 6.45) is 7.94. The van der Waals surface area contributed by atoms with Crippen LogP contribution in [0.2, 0.25) is 0 Å². The quantitative estimate of drug-likeness (QED) is 0.710. The zero-order chi connectivity index (χ0) is 17.2. The molecule has 1 N–H and O–H groups in total. The second-order valence-corrected chi connectivity index (χ2v) is 7.15. The molecule has 0 atom stereocenters. The lowest BCUT2D eigenvalue weighted by molar-refractivity contribution is 0.575. The van der Waals surface area contributed by atoms with E-state index in [4.69, 9.17) is 0 Å². The van der Waals surface area contributed by atoms with Gasteiger partial charge in [0.15, 0.2) is 5.03 Å². The molecular formula is C14H17N7O2S. The van der Waals surface area contributed by atoms with Gasteiger partial charge in [-0.2, -0.15) is 0 Å². The molecule has 0 radical (unpaired) electrons. The van der Waals surface area contributed by atoms with E-state index in [0.717, 1.165) is 5.69 Å². The number of nitrogens with one attached hydrogen (secondary N) is 1. The van der Waals surface area contributed by atoms with Gasteiger partial charge in [-0.3, -0.25) is 4.98 Å². The van der Waals surface area contributed by atoms with Gasteiger partial charge in [-0.1, -0.05) is 5.21 Å². The molecule has 0 aliphatic carbocycles. The summed E-state index contributed by atoms with van der Waals surface area (Å²) in [5.41, 5.74) is 1.29. The van der Waals surface area contributed by atoms with Crippen molar-refractivity contribution in [2.75, 3.05) is 0 Å². The summed E-state index contributed by atoms with van der Waals surface area (Å²) in [5.74, 6) is 0. The third kappa shape index (κ3) is 3.49. The van der Waals surface area contributed by atoms with Crippen LogP contribution in [0.25, 0.3) is 5.69 Å². The molecule has 0 aromatic carbocycles. The Morgan fingerprint density at radius 1 is 1.21 bits per heavy atom. The molecule has 0 bridgehead atoms. The highest BCUT2D eigenvalue weighted by molar-refractivity contribution is 7.89. The van der Waals surface area contributed by atoms with Crippen molar-refractivity contribution in [2.45, 2.75) is 31.5 Å². The second kappa shape index (κ2) is 6.49. The number of nitrogens with zero attached hydrogens (tertiary/aromatic N) is 6. The molecule has 10 heteroatoms. The van der Waals surface area contributed by atoms with Crippen LogP contribution in [0.1, 0.15) is 25.6 Å². The number of aromatic nitrogens is 6. The SMILES string of the molecule is CC(C)n1cnc(S(=O)(=O)NCc2cn(-c3ccncc3)nn2)c1. The van der Waals surface area contributed by atoms with Crippen LogP contribution in [0.15, 0.2) is 48.3 Å². The van der Waals surface area contributed by atoms with Crippen molar-refractivity contribution in [1.82, 2.24) is 34.3 Å². The normalized spacial score (nSPS) is 12.0. The Labute approximate surface area is 139 Å². The van der Waals surface area contributed by atoms with Crippen molar-refractivity contribution in [1.29, 1.82) is 0 Å². The van der Waals surface area contributed by atoms with Crippen LogP contribution < -0.4 is 4.72 Å². The largest absolute Gasteiger partial charge is 0.334 e. The predicted octanol–water partition coefficient (Wildman–Crippen LogP) is 0.918. The topological polar surface area (TPSA) is 108 Å². The highest BCUT2D eigenvalue weighted by Crippen LogP contribution is 2.11. The van der Waals surface area contributed by atoms with E-state index in [0.29, 0.717) is 5.69 Å². The lowest BCUT2D eigenvalue weighted by atomic mass is 10.4. The minimum atomic E-state index is -3.70. The fourth-order valence-corrected chi connectivity index (χ4v) is 2.92. The smallest absolute Gasteiger partial charge is 0.259 e. The van der Waals surface area contributed by atoms with Gasteiger partial charge in [-0.15, -0.1) is 5.10 Å². The van der Waals surface area contributed by atoms with E-state index in [9.17, 15) is 8.42 Å². The van der Waals surface area contributed by atoms with Crippen LogP contribution in [-0.4, -0.2) is 37.9 Å². The van der Waals surface area contributed by atoms with Crippen LogP contribution in [0, 0.1) is 0 Å². The van der Waals surface area contributed by atoms with Gasteiger partial charge in [0, 0.05) is 24.6 Å². The van der Waals surface area contributed by atoms with Crippen molar-refractivity contribution in [3.8, 4) is 5.69 Å². The zero-order valence-electron chi connectivity index (χ0n) is 13.2. The van der Waals surface area contributed by atoms with Crippen molar-refractivity contribution >= 4 is 10.0 Å². The summed E-state index contributed by atoms with van der Waals surface area (Å²) < 4.78 is 30.3. The minimum Gasteiger partial charge on any atom is -0.334 e. The first-order valence-corrected chi connectivity index (χ1v) is 8.79. The standard InChI is InChI=1S/C14H17N7O2S/c1-11(2)20-9-14(16-10-20)24(22,23)17-7-12-8-21(19-18-12)13-3-5-15-6-4-13/h3-6,8-11,17H,7H2,1-2H3. The summed E-state index contributed by atoms with van der Waals surface area (Å²) >= 11 is 0. The highest BCUT2D eigenvalue weighted by atomic mass is 32.2. The molecule has 0 aliphatic rings. The Hall–Kier alpha value is -2.59. The molecule has 0 fully saturated rings. The van der Waals surface area contributed by atoms with E-state index in [-0.39, 0.29) is 17.6 Å². The average molecular weight is 347 g/mol. The molecule has 3 aromatic rings. The van der Waals surface area contributed by atoms with E-state index in [1.807, 2.05) is 13.8 Å². The summed E-state index contributed by atoms with van der Waals surface area (Å²) in [6, 6.07) is 3.70. The Kier molecular flexibility index (Phi) is 4.40. The fraction of sp³-hybridized carbons (Fsp3) is 0.286. The predicted molar refractivity (Wildman–Crippen MR) is 85.8 cm³/mol. The first-order valence-electron chi connectivity index (χ1n) is 7.30. The van der Waals surface area contributed by atoms with Gasteiger partial charge in [0.05, 0.1) is 30.5 Å². The Balaban J connectivity index is 1.70. The van der Waals surface area contributed by atoms with E-state index < -0.39 is 10.0 Å². The lowest BCUT2D eigenvalue weighted by Gasteiger charge is -2.04. The lowest BCUT2D eigenvalue weighted by Crippen LogP contribution is -2.23. The fourth-order valence-electron chi connectivity index (χ4n) is 1.98. The molecular weight excluding hydrogens is 330 g/mol. The maximum Gasteiger partial charge on any atom is 0.259 e. The van der Waals surface area contributed by atoms with Crippen molar-refractivity contribution < 1.29 is 8.42 Å². The van der Waals surface area contributed by atoms with Gasteiger partial charge in [-0.25, -0.2) is 22.8 Å². The molecule has 0 unspecified atom stereocenters. The maximum absolute atomic E-state index is 12.3. The number of pyridine rings is 1. The molecule has 9 nitrogen and oxygen atoms in total. The van der Waals surface area contributed by atoms with Crippen molar-refractivity contribution in [2.24, 2.45) is 0 Å². The zero-order valence-corrected chi connectivity index (χ0v) is 14.1. The molecule has 0 saturated carbocycles. The van der Waals surface area contributed by atoms with E-state index in [1.54, 1.807) is 40.0 Å². The molecule has 3 rings (SSSR count). The Bertz CT molecular complexity index is 916. The first-order chi connectivity index (χ1) is 11.5. The van der Waals surface area contributed by atoms with Gasteiger partial charge in [0.2, 0.25) is 0 Å². The van der Waals surface area contributed by atoms with E-state index >= 15 is 0 Å². The molecule has 0 aliphatic heterocycles. The summed E-state index contributed by atoms with van der Waals surface area (Å²) in [5, 5.41) is 7.92. The van der Waals surface area contributed by atoms with Gasteiger partial charge in [-0.05, 0) is 26.0 Å². The van der Waals surface area contributed by atoms with Crippen LogP contribution >= 0.6 is 0 Å². The van der Waals surface area contributed by atoms with Crippen LogP contribution in [0.4, 0.5) is 0 Å². The molecule has 3 heterocycles. The van der Waals surface area contributed by atoms with Crippen LogP contribution in [0.3, 0.4) is 0 Å². The van der Waals surface area contributed by atoms with Gasteiger partial charge in [0.1, 0.15) is 0 Å². The van der Waals surface area contributed by atoms with E-state index in [2.05, 4.69) is 25.0 Å². The van der Waals surface area contributed by atoms with E-state index in [1.165, 1.54) is 12.5 Å². The third-order valence-electron chi connectivity index (χ3n) is 3.36. The van der Waals surface area contributed by atoms with Gasteiger partial charge < -0.3 is 4.57 Å². The van der Waals surface area contributed by atoms with Crippen molar-refractivity contribution in [3.05, 3.63) is 48.9 Å². The number of hydrogen-bond acceptors (Lipinski definition) is 6. The number of hydrogen-bond donors (Lipinski definition) is 1. The highest BCUT2D eigenvalue weighted by Gasteiger charge is 2.18. The number of rotatable bonds is 6. The average Bonchev–Trinajstić information content (AvgIpc) is 3.24. The monoisotopic (exact) mass is 347 g/mol. The van der Waals surface area contributed by atoms with Crippen LogP contribution in [0.5, 0.6) is 0 Å². The molecule has 0 saturated heterocycles. The first kappa shape index (κ1) is 16.3. The minimum absolute atomic E-state index is 0.0160. The second-order valence-electron chi connectivity index (χ2n) is 5.44. The molecule has 0 amide bonds. The number of imidazole rings is 1. The maximum atomic E-state index is 12.3. The molecule has 0 spiro atoms. The van der Waals surface area contributed by atoms with Crippen LogP contribution in [-0.2, 0) is 16.6 Å². The third-order valence-corrected chi connectivity index (χ3v) is 4.65. The molecule has 3 aromatic heterocycles. The molecule has 24 heavy (non-hydrogen) atoms. The Morgan fingerprint density at radius 3 is 2.62 bits per heavy atom. The molecule has 126 valence electrons. The summed E-state index contributed by atoms with van der Waals surface area (Å²) in [6.45, 7) is 3.92. The Morgan fingerprint density at radius 2 is 1.96 bits per heavy atom. The summed E-state index contributed by atoms with van der Waals surface area (Å²) in [7, 11) is -3.70. The number of sulfonamides is 1. The van der Waals surface area contributed by atoms with Crippen molar-refractivity contribution in [3.63, 3.8) is 0 Å². The summed E-state index contributed by atoms with van der Waals surface area (Å²) in [4.78, 5) is 7.87. The van der Waals surface area contributed by atoms with Gasteiger partial charge >= 0.3 is 0 Å². The van der Waals surface area contributed by atoms with Gasteiger partial charge in [0.25, 0.3) is 10.0 Å².